The molecule has 2 N–H and O–H groups in total. The second-order valence-electron chi connectivity index (χ2n) is 6.69. The van der Waals surface area contributed by atoms with E-state index in [0.717, 1.165) is 28.5 Å². The van der Waals surface area contributed by atoms with E-state index in [0.29, 0.717) is 6.54 Å². The number of para-hydroxylation sites is 1. The largest absolute Gasteiger partial charge is 0.497 e. The third kappa shape index (κ3) is 4.88. The van der Waals surface area contributed by atoms with Crippen LogP contribution < -0.4 is 15.4 Å². The van der Waals surface area contributed by atoms with Crippen molar-refractivity contribution in [2.24, 2.45) is 5.92 Å². The Morgan fingerprint density at radius 2 is 1.88 bits per heavy atom. The van der Waals surface area contributed by atoms with Gasteiger partial charge in [-0.15, -0.1) is 0 Å². The van der Waals surface area contributed by atoms with Crippen LogP contribution in [0.2, 0.25) is 0 Å². The fourth-order valence-electron chi connectivity index (χ4n) is 2.94. The molecule has 1 amide bonds. The molecule has 4 nitrogen and oxygen atoms in total. The van der Waals surface area contributed by atoms with E-state index in [1.54, 1.807) is 14.2 Å². The van der Waals surface area contributed by atoms with Crippen molar-refractivity contribution in [3.05, 3.63) is 65.2 Å². The standard InChI is InChI=1S/C11H12N2O.C11H14O/c1-12-11(14)9-6-8-4-2-3-5-10(8)13-7-9;1-12-11-6-4-10(5-7-11)8-9-2-3-9/h2-6,13H,7H2,1H3,(H,12,14);4-7,9H,2-3,8H2,1H3. The van der Waals surface area contributed by atoms with Crippen molar-refractivity contribution in [2.75, 3.05) is 26.0 Å². The third-order valence-corrected chi connectivity index (χ3v) is 4.66. The topological polar surface area (TPSA) is 50.4 Å². The average Bonchev–Trinajstić information content (AvgIpc) is 3.52. The van der Waals surface area contributed by atoms with Crippen LogP contribution in [-0.2, 0) is 11.2 Å². The van der Waals surface area contributed by atoms with Crippen molar-refractivity contribution in [1.82, 2.24) is 5.32 Å². The molecule has 2 aromatic rings. The normalized spacial score (nSPS) is 14.8. The van der Waals surface area contributed by atoms with Crippen LogP contribution >= 0.6 is 0 Å². The monoisotopic (exact) mass is 350 g/mol. The van der Waals surface area contributed by atoms with E-state index in [9.17, 15) is 4.79 Å². The molecule has 1 aliphatic carbocycles. The van der Waals surface area contributed by atoms with Gasteiger partial charge in [0, 0.05) is 24.9 Å². The van der Waals surface area contributed by atoms with E-state index in [-0.39, 0.29) is 5.91 Å². The van der Waals surface area contributed by atoms with E-state index in [4.69, 9.17) is 4.74 Å². The van der Waals surface area contributed by atoms with Crippen molar-refractivity contribution in [2.45, 2.75) is 19.3 Å². The number of fused-ring (bicyclic) bond motifs is 1. The number of methoxy groups -OCH3 is 1. The summed E-state index contributed by atoms with van der Waals surface area (Å²) < 4.78 is 5.09. The Morgan fingerprint density at radius 1 is 1.15 bits per heavy atom. The number of rotatable bonds is 4. The van der Waals surface area contributed by atoms with Crippen LogP contribution in [0, 0.1) is 5.92 Å². The molecule has 0 aromatic heterocycles. The second-order valence-corrected chi connectivity index (χ2v) is 6.69. The molecule has 1 heterocycles. The van der Waals surface area contributed by atoms with Crippen LogP contribution in [0.4, 0.5) is 5.69 Å². The van der Waals surface area contributed by atoms with Gasteiger partial charge < -0.3 is 15.4 Å². The summed E-state index contributed by atoms with van der Waals surface area (Å²) in [6, 6.07) is 16.3. The zero-order valence-electron chi connectivity index (χ0n) is 15.4. The molecule has 4 rings (SSSR count). The van der Waals surface area contributed by atoms with Crippen LogP contribution in [0.1, 0.15) is 24.0 Å². The Balaban J connectivity index is 0.000000152. The zero-order chi connectivity index (χ0) is 18.4. The van der Waals surface area contributed by atoms with Gasteiger partial charge in [-0.1, -0.05) is 30.3 Å². The summed E-state index contributed by atoms with van der Waals surface area (Å²) in [6.45, 7) is 0.594. The minimum atomic E-state index is -0.0213. The van der Waals surface area contributed by atoms with Gasteiger partial charge in [-0.25, -0.2) is 0 Å². The first-order valence-electron chi connectivity index (χ1n) is 9.08. The van der Waals surface area contributed by atoms with Crippen molar-refractivity contribution >= 4 is 17.7 Å². The van der Waals surface area contributed by atoms with Crippen molar-refractivity contribution in [3.8, 4) is 5.75 Å². The first kappa shape index (κ1) is 18.1. The van der Waals surface area contributed by atoms with Crippen molar-refractivity contribution in [1.29, 1.82) is 0 Å². The molecule has 136 valence electrons. The first-order valence-corrected chi connectivity index (χ1v) is 9.08. The van der Waals surface area contributed by atoms with Gasteiger partial charge in [0.15, 0.2) is 0 Å². The second kappa shape index (κ2) is 8.56. The molecule has 2 aliphatic rings. The maximum absolute atomic E-state index is 11.4. The Labute approximate surface area is 155 Å². The Bertz CT molecular complexity index is 777. The van der Waals surface area contributed by atoms with E-state index in [2.05, 4.69) is 22.8 Å². The van der Waals surface area contributed by atoms with Gasteiger partial charge in [-0.3, -0.25) is 4.79 Å². The summed E-state index contributed by atoms with van der Waals surface area (Å²) >= 11 is 0. The molecule has 1 saturated carbocycles. The molecular formula is C22H26N2O2. The van der Waals surface area contributed by atoms with Gasteiger partial charge >= 0.3 is 0 Å². The summed E-state index contributed by atoms with van der Waals surface area (Å²) in [6.07, 6.45) is 6.02. The van der Waals surface area contributed by atoms with Gasteiger partial charge in [0.05, 0.1) is 7.11 Å². The summed E-state index contributed by atoms with van der Waals surface area (Å²) in [7, 11) is 3.35. The molecule has 0 saturated heterocycles. The van der Waals surface area contributed by atoms with Gasteiger partial charge in [-0.2, -0.15) is 0 Å². The summed E-state index contributed by atoms with van der Waals surface area (Å²) in [5, 5.41) is 5.82. The average molecular weight is 350 g/mol. The minimum Gasteiger partial charge on any atom is -0.497 e. The molecule has 0 unspecified atom stereocenters. The molecular weight excluding hydrogens is 324 g/mol. The SMILES string of the molecule is CNC(=O)C1=Cc2ccccc2NC1.COc1ccc(CC2CC2)cc1. The van der Waals surface area contributed by atoms with Crippen LogP contribution in [-0.4, -0.2) is 26.6 Å². The number of anilines is 1. The fourth-order valence-corrected chi connectivity index (χ4v) is 2.94. The predicted octanol–water partition coefficient (Wildman–Crippen LogP) is 3.89. The quantitative estimate of drug-likeness (QED) is 0.879. The predicted molar refractivity (Wildman–Crippen MR) is 106 cm³/mol. The van der Waals surface area contributed by atoms with Crippen molar-refractivity contribution < 1.29 is 9.53 Å². The number of nitrogens with one attached hydrogen (secondary N) is 2. The van der Waals surface area contributed by atoms with Crippen LogP contribution in [0.25, 0.3) is 6.08 Å². The van der Waals surface area contributed by atoms with Gasteiger partial charge in [0.1, 0.15) is 5.75 Å². The van der Waals surface area contributed by atoms with E-state index >= 15 is 0 Å². The van der Waals surface area contributed by atoms with E-state index < -0.39 is 0 Å². The number of ether oxygens (including phenoxy) is 1. The van der Waals surface area contributed by atoms with Gasteiger partial charge in [0.2, 0.25) is 5.91 Å². The molecule has 1 fully saturated rings. The lowest BCUT2D eigenvalue weighted by atomic mass is 10.0. The van der Waals surface area contributed by atoms with E-state index in [1.807, 2.05) is 42.5 Å². The molecule has 26 heavy (non-hydrogen) atoms. The number of amides is 1. The Hall–Kier alpha value is -2.75. The summed E-state index contributed by atoms with van der Waals surface area (Å²) in [5.74, 6) is 1.90. The van der Waals surface area contributed by atoms with Crippen LogP contribution in [0.15, 0.2) is 54.1 Å². The molecule has 0 bridgehead atoms. The fraction of sp³-hybridized carbons (Fsp3) is 0.318. The minimum absolute atomic E-state index is 0.0213. The number of carbonyl (C=O) groups is 1. The summed E-state index contributed by atoms with van der Waals surface area (Å²) in [4.78, 5) is 11.4. The molecule has 4 heteroatoms. The first-order chi connectivity index (χ1) is 12.7. The lowest BCUT2D eigenvalue weighted by Gasteiger charge is -2.17. The maximum atomic E-state index is 11.4. The molecule has 2 aromatic carbocycles. The highest BCUT2D eigenvalue weighted by Crippen LogP contribution is 2.32. The van der Waals surface area contributed by atoms with Crippen LogP contribution in [0.3, 0.4) is 0 Å². The highest BCUT2D eigenvalue weighted by atomic mass is 16.5. The highest BCUT2D eigenvalue weighted by molar-refractivity contribution is 6.00. The zero-order valence-corrected chi connectivity index (χ0v) is 15.4. The van der Waals surface area contributed by atoms with Gasteiger partial charge in [0.25, 0.3) is 0 Å². The molecule has 0 radical (unpaired) electrons. The number of hydrogen-bond acceptors (Lipinski definition) is 3. The lowest BCUT2D eigenvalue weighted by molar-refractivity contribution is -0.116. The van der Waals surface area contributed by atoms with Gasteiger partial charge in [-0.05, 0) is 60.6 Å². The highest BCUT2D eigenvalue weighted by Gasteiger charge is 2.21. The third-order valence-electron chi connectivity index (χ3n) is 4.66. The molecule has 0 spiro atoms. The van der Waals surface area contributed by atoms with E-state index in [1.165, 1.54) is 24.8 Å². The smallest absolute Gasteiger partial charge is 0.248 e. The Kier molecular flexibility index (Phi) is 5.95. The number of carbonyl (C=O) groups excluding carboxylic acids is 1. The number of benzene rings is 2. The summed E-state index contributed by atoms with van der Waals surface area (Å²) in [5.41, 5.74) is 4.36. The Morgan fingerprint density at radius 3 is 2.54 bits per heavy atom. The maximum Gasteiger partial charge on any atom is 0.248 e. The number of hydrogen-bond donors (Lipinski definition) is 2. The number of likely N-dealkylation sites (N-methyl/N-ethyl adjacent to an activating group) is 1. The molecule has 1 aliphatic heterocycles. The van der Waals surface area contributed by atoms with Crippen LogP contribution in [0.5, 0.6) is 5.75 Å². The lowest BCUT2D eigenvalue weighted by Crippen LogP contribution is -2.26. The van der Waals surface area contributed by atoms with Crippen molar-refractivity contribution in [3.63, 3.8) is 0 Å². The molecule has 0 atom stereocenters.